The van der Waals surface area contributed by atoms with Crippen LogP contribution in [0.5, 0.6) is 0 Å². The van der Waals surface area contributed by atoms with Crippen LogP contribution in [-0.2, 0) is 14.3 Å². The Morgan fingerprint density at radius 1 is 1.08 bits per heavy atom. The Hall–Kier alpha value is -1.06. The first-order valence-electron chi connectivity index (χ1n) is 10.4. The molecular weight excluding hydrogens is 314 g/mol. The van der Waals surface area contributed by atoms with Gasteiger partial charge in [-0.2, -0.15) is 0 Å². The van der Waals surface area contributed by atoms with E-state index in [1.165, 1.54) is 32.1 Å². The van der Waals surface area contributed by atoms with Crippen molar-refractivity contribution in [1.82, 2.24) is 4.90 Å². The van der Waals surface area contributed by atoms with Crippen molar-refractivity contribution in [2.75, 3.05) is 19.7 Å². The molecule has 0 N–H and O–H groups in total. The molecule has 1 saturated carbocycles. The highest BCUT2D eigenvalue weighted by Gasteiger charge is 2.29. The second kappa shape index (κ2) is 12.3. The molecule has 0 aromatic rings. The molecule has 1 rings (SSSR count). The predicted molar refractivity (Wildman–Crippen MR) is 102 cm³/mol. The summed E-state index contributed by atoms with van der Waals surface area (Å²) in [6, 6.07) is 0. The Balaban J connectivity index is 2.52. The van der Waals surface area contributed by atoms with Gasteiger partial charge >= 0.3 is 5.97 Å². The molecule has 0 heterocycles. The summed E-state index contributed by atoms with van der Waals surface area (Å²) in [5.41, 5.74) is 0. The van der Waals surface area contributed by atoms with Crippen LogP contribution in [0, 0.1) is 17.8 Å². The molecular formula is C21H39NO3. The molecule has 4 nitrogen and oxygen atoms in total. The molecule has 1 aliphatic carbocycles. The largest absolute Gasteiger partial charge is 0.466 e. The standard InChI is InChI=1S/C21H39NO3/c1-5-7-8-18-9-11-19(12-10-18)21(24)22(15-13-17(3)4)16-14-20(23)25-6-2/h17-19H,5-16H2,1-4H3. The van der Waals surface area contributed by atoms with Gasteiger partial charge in [0.25, 0.3) is 0 Å². The van der Waals surface area contributed by atoms with E-state index >= 15 is 0 Å². The maximum absolute atomic E-state index is 13.0. The Labute approximate surface area is 154 Å². The first kappa shape index (κ1) is 22.0. The molecule has 4 heteroatoms. The van der Waals surface area contributed by atoms with Crippen LogP contribution in [0.1, 0.15) is 85.5 Å². The van der Waals surface area contributed by atoms with Crippen LogP contribution in [0.4, 0.5) is 0 Å². The average molecular weight is 354 g/mol. The summed E-state index contributed by atoms with van der Waals surface area (Å²) in [4.78, 5) is 26.6. The molecule has 1 amide bonds. The number of rotatable bonds is 11. The van der Waals surface area contributed by atoms with Gasteiger partial charge in [-0.1, -0.05) is 40.0 Å². The van der Waals surface area contributed by atoms with Crippen molar-refractivity contribution in [2.45, 2.75) is 85.5 Å². The summed E-state index contributed by atoms with van der Waals surface area (Å²) in [6.45, 7) is 10.1. The van der Waals surface area contributed by atoms with E-state index in [0.29, 0.717) is 25.5 Å². The first-order valence-corrected chi connectivity index (χ1v) is 10.4. The zero-order valence-electron chi connectivity index (χ0n) is 16.9. The smallest absolute Gasteiger partial charge is 0.307 e. The highest BCUT2D eigenvalue weighted by atomic mass is 16.5. The summed E-state index contributed by atoms with van der Waals surface area (Å²) in [6.07, 6.45) is 9.59. The van der Waals surface area contributed by atoms with Crippen LogP contribution < -0.4 is 0 Å². The number of esters is 1. The number of carbonyl (C=O) groups is 2. The van der Waals surface area contributed by atoms with Gasteiger partial charge in [0.05, 0.1) is 13.0 Å². The fourth-order valence-corrected chi connectivity index (χ4v) is 3.65. The van der Waals surface area contributed by atoms with E-state index in [0.717, 1.165) is 31.7 Å². The molecule has 0 bridgehead atoms. The minimum Gasteiger partial charge on any atom is -0.466 e. The van der Waals surface area contributed by atoms with Crippen LogP contribution in [0.25, 0.3) is 0 Å². The number of carbonyl (C=O) groups excluding carboxylic acids is 2. The third kappa shape index (κ3) is 8.73. The third-order valence-corrected chi connectivity index (χ3v) is 5.34. The molecule has 25 heavy (non-hydrogen) atoms. The van der Waals surface area contributed by atoms with E-state index in [1.807, 2.05) is 11.8 Å². The summed E-state index contributed by atoms with van der Waals surface area (Å²) in [5.74, 6) is 1.59. The molecule has 0 aromatic carbocycles. The van der Waals surface area contributed by atoms with Crippen LogP contribution in [0.3, 0.4) is 0 Å². The zero-order chi connectivity index (χ0) is 18.7. The van der Waals surface area contributed by atoms with E-state index < -0.39 is 0 Å². The van der Waals surface area contributed by atoms with E-state index in [2.05, 4.69) is 20.8 Å². The Morgan fingerprint density at radius 3 is 2.32 bits per heavy atom. The molecule has 0 saturated heterocycles. The number of nitrogens with zero attached hydrogens (tertiary/aromatic N) is 1. The SMILES string of the molecule is CCCCC1CCC(C(=O)N(CCC(=O)OCC)CCC(C)C)CC1. The molecule has 0 unspecified atom stereocenters. The lowest BCUT2D eigenvalue weighted by molar-refractivity contribution is -0.144. The topological polar surface area (TPSA) is 46.6 Å². The van der Waals surface area contributed by atoms with Gasteiger partial charge in [-0.05, 0) is 50.9 Å². The monoisotopic (exact) mass is 353 g/mol. The first-order chi connectivity index (χ1) is 12.0. The second-order valence-electron chi connectivity index (χ2n) is 7.92. The number of hydrogen-bond donors (Lipinski definition) is 0. The van der Waals surface area contributed by atoms with Gasteiger partial charge < -0.3 is 9.64 Å². The maximum atomic E-state index is 13.0. The minimum atomic E-state index is -0.201. The zero-order valence-corrected chi connectivity index (χ0v) is 16.9. The summed E-state index contributed by atoms with van der Waals surface area (Å²) in [5, 5.41) is 0. The minimum absolute atomic E-state index is 0.159. The van der Waals surface area contributed by atoms with E-state index in [1.54, 1.807) is 0 Å². The van der Waals surface area contributed by atoms with Crippen LogP contribution >= 0.6 is 0 Å². The molecule has 0 spiro atoms. The van der Waals surface area contributed by atoms with E-state index in [-0.39, 0.29) is 17.8 Å². The van der Waals surface area contributed by atoms with Gasteiger partial charge in [-0.3, -0.25) is 9.59 Å². The molecule has 1 fully saturated rings. The molecule has 0 atom stereocenters. The lowest BCUT2D eigenvalue weighted by atomic mass is 9.79. The quantitative estimate of drug-likeness (QED) is 0.501. The van der Waals surface area contributed by atoms with Crippen LogP contribution in [0.2, 0.25) is 0 Å². The number of hydrogen-bond acceptors (Lipinski definition) is 3. The van der Waals surface area contributed by atoms with Crippen molar-refractivity contribution in [3.05, 3.63) is 0 Å². The van der Waals surface area contributed by atoms with Crippen LogP contribution in [-0.4, -0.2) is 36.5 Å². The van der Waals surface area contributed by atoms with Crippen molar-refractivity contribution < 1.29 is 14.3 Å². The lowest BCUT2D eigenvalue weighted by Crippen LogP contribution is -2.40. The third-order valence-electron chi connectivity index (χ3n) is 5.34. The van der Waals surface area contributed by atoms with Gasteiger partial charge in [0.15, 0.2) is 0 Å². The highest BCUT2D eigenvalue weighted by Crippen LogP contribution is 2.33. The van der Waals surface area contributed by atoms with Gasteiger partial charge in [-0.15, -0.1) is 0 Å². The molecule has 0 aliphatic heterocycles. The predicted octanol–water partition coefficient (Wildman–Crippen LogP) is 4.81. The Morgan fingerprint density at radius 2 is 1.76 bits per heavy atom. The molecule has 1 aliphatic rings. The molecule has 0 radical (unpaired) electrons. The number of ether oxygens (including phenoxy) is 1. The van der Waals surface area contributed by atoms with Gasteiger partial charge in [0.2, 0.25) is 5.91 Å². The van der Waals surface area contributed by atoms with Crippen molar-refractivity contribution in [2.24, 2.45) is 17.8 Å². The normalized spacial score (nSPS) is 20.5. The maximum Gasteiger partial charge on any atom is 0.307 e. The van der Waals surface area contributed by atoms with Crippen molar-refractivity contribution in [3.63, 3.8) is 0 Å². The average Bonchev–Trinajstić information content (AvgIpc) is 2.60. The Bertz CT molecular complexity index is 387. The number of amides is 1. The fourth-order valence-electron chi connectivity index (χ4n) is 3.65. The summed E-state index contributed by atoms with van der Waals surface area (Å²) < 4.78 is 5.02. The van der Waals surface area contributed by atoms with Gasteiger partial charge in [-0.25, -0.2) is 0 Å². The van der Waals surface area contributed by atoms with E-state index in [4.69, 9.17) is 4.74 Å². The van der Waals surface area contributed by atoms with Gasteiger partial charge in [0.1, 0.15) is 0 Å². The van der Waals surface area contributed by atoms with Gasteiger partial charge in [0, 0.05) is 19.0 Å². The molecule has 0 aromatic heterocycles. The summed E-state index contributed by atoms with van der Waals surface area (Å²) >= 11 is 0. The molecule has 146 valence electrons. The van der Waals surface area contributed by atoms with Crippen molar-refractivity contribution in [3.8, 4) is 0 Å². The van der Waals surface area contributed by atoms with Crippen molar-refractivity contribution >= 4 is 11.9 Å². The number of unbranched alkanes of at least 4 members (excludes halogenated alkanes) is 1. The highest BCUT2D eigenvalue weighted by molar-refractivity contribution is 5.79. The second-order valence-corrected chi connectivity index (χ2v) is 7.92. The van der Waals surface area contributed by atoms with E-state index in [9.17, 15) is 9.59 Å². The van der Waals surface area contributed by atoms with Crippen molar-refractivity contribution in [1.29, 1.82) is 0 Å². The summed E-state index contributed by atoms with van der Waals surface area (Å²) in [7, 11) is 0. The van der Waals surface area contributed by atoms with Crippen LogP contribution in [0.15, 0.2) is 0 Å². The fraction of sp³-hybridized carbons (Fsp3) is 0.905. The Kier molecular flexibility index (Phi) is 10.8. The lowest BCUT2D eigenvalue weighted by Gasteiger charge is -2.32.